The summed E-state index contributed by atoms with van der Waals surface area (Å²) in [4.78, 5) is 2.14. The van der Waals surface area contributed by atoms with Crippen LogP contribution in [0, 0.1) is 11.7 Å². The Bertz CT molecular complexity index is 369. The molecule has 0 saturated heterocycles. The summed E-state index contributed by atoms with van der Waals surface area (Å²) < 4.78 is 12.8. The number of hydrogen-bond donors (Lipinski definition) is 2. The van der Waals surface area contributed by atoms with E-state index in [1.807, 2.05) is 14.1 Å². The molecule has 0 bridgehead atoms. The van der Waals surface area contributed by atoms with Crippen LogP contribution < -0.4 is 5.32 Å². The molecule has 0 heterocycles. The van der Waals surface area contributed by atoms with Gasteiger partial charge in [0, 0.05) is 19.1 Å². The summed E-state index contributed by atoms with van der Waals surface area (Å²) in [5, 5.41) is 13.5. The van der Waals surface area contributed by atoms with Gasteiger partial charge in [-0.05, 0) is 44.1 Å². The second-order valence-electron chi connectivity index (χ2n) is 6.06. The molecule has 0 aromatic heterocycles. The number of rotatable bonds is 8. The molecule has 1 rings (SSSR count). The van der Waals surface area contributed by atoms with Crippen molar-refractivity contribution in [1.82, 2.24) is 10.2 Å². The Morgan fingerprint density at radius 2 is 1.80 bits per heavy atom. The molecule has 0 fully saturated rings. The van der Waals surface area contributed by atoms with Gasteiger partial charge in [0.05, 0.1) is 6.10 Å². The number of nitrogens with one attached hydrogen (secondary N) is 1. The lowest BCUT2D eigenvalue weighted by molar-refractivity contribution is 0.163. The largest absolute Gasteiger partial charge is 0.387 e. The third-order valence-corrected chi connectivity index (χ3v) is 3.20. The first-order valence-electron chi connectivity index (χ1n) is 7.20. The highest BCUT2D eigenvalue weighted by atomic mass is 19.1. The minimum absolute atomic E-state index is 0.279. The van der Waals surface area contributed by atoms with E-state index in [4.69, 9.17) is 0 Å². The Kier molecular flexibility index (Phi) is 7.13. The molecule has 20 heavy (non-hydrogen) atoms. The molecule has 4 heteroatoms. The average molecular weight is 282 g/mol. The number of hydrogen-bond acceptors (Lipinski definition) is 3. The first-order valence-corrected chi connectivity index (χ1v) is 7.20. The normalized spacial score (nSPS) is 14.8. The zero-order chi connectivity index (χ0) is 15.1. The minimum atomic E-state index is -0.604. The quantitative estimate of drug-likeness (QED) is 0.768. The van der Waals surface area contributed by atoms with Gasteiger partial charge >= 0.3 is 0 Å². The van der Waals surface area contributed by atoms with Crippen LogP contribution in [0.25, 0.3) is 0 Å². The Morgan fingerprint density at radius 3 is 2.30 bits per heavy atom. The summed E-state index contributed by atoms with van der Waals surface area (Å²) in [6.07, 6.45) is 0.460. The number of aliphatic hydroxyl groups excluding tert-OH is 1. The van der Waals surface area contributed by atoms with E-state index >= 15 is 0 Å². The molecule has 3 nitrogen and oxygen atoms in total. The fraction of sp³-hybridized carbons (Fsp3) is 0.625. The van der Waals surface area contributed by atoms with E-state index in [0.29, 0.717) is 18.5 Å². The smallest absolute Gasteiger partial charge is 0.123 e. The van der Waals surface area contributed by atoms with Crippen LogP contribution in [0.1, 0.15) is 31.9 Å². The third kappa shape index (κ3) is 6.46. The molecule has 0 aliphatic heterocycles. The van der Waals surface area contributed by atoms with Gasteiger partial charge in [-0.15, -0.1) is 0 Å². The van der Waals surface area contributed by atoms with Gasteiger partial charge in [-0.1, -0.05) is 26.0 Å². The Labute approximate surface area is 121 Å². The summed E-state index contributed by atoms with van der Waals surface area (Å²) >= 11 is 0. The van der Waals surface area contributed by atoms with E-state index in [9.17, 15) is 9.50 Å². The van der Waals surface area contributed by atoms with Crippen LogP contribution in [-0.2, 0) is 0 Å². The van der Waals surface area contributed by atoms with Crippen LogP contribution in [0.4, 0.5) is 4.39 Å². The SMILES string of the molecule is CC(C)CC(CN(C)C)NCC(O)c1ccc(F)cc1. The Morgan fingerprint density at radius 1 is 1.20 bits per heavy atom. The topological polar surface area (TPSA) is 35.5 Å². The average Bonchev–Trinajstić information content (AvgIpc) is 2.35. The zero-order valence-corrected chi connectivity index (χ0v) is 12.9. The van der Waals surface area contributed by atoms with Crippen molar-refractivity contribution in [1.29, 1.82) is 0 Å². The van der Waals surface area contributed by atoms with Crippen molar-refractivity contribution in [2.45, 2.75) is 32.4 Å². The van der Waals surface area contributed by atoms with Crippen LogP contribution in [0.2, 0.25) is 0 Å². The second kappa shape index (κ2) is 8.35. The Hall–Kier alpha value is -0.970. The lowest BCUT2D eigenvalue weighted by Crippen LogP contribution is -2.41. The van der Waals surface area contributed by atoms with E-state index < -0.39 is 6.10 Å². The van der Waals surface area contributed by atoms with Gasteiger partial charge < -0.3 is 15.3 Å². The van der Waals surface area contributed by atoms with Crippen molar-refractivity contribution in [2.24, 2.45) is 5.92 Å². The molecule has 0 radical (unpaired) electrons. The van der Waals surface area contributed by atoms with Crippen LogP contribution in [0.5, 0.6) is 0 Å². The molecule has 2 atom stereocenters. The molecule has 0 aliphatic carbocycles. The number of benzene rings is 1. The zero-order valence-electron chi connectivity index (χ0n) is 12.9. The van der Waals surface area contributed by atoms with E-state index in [2.05, 4.69) is 24.1 Å². The summed E-state index contributed by atoms with van der Waals surface area (Å²) in [6, 6.07) is 6.37. The summed E-state index contributed by atoms with van der Waals surface area (Å²) in [7, 11) is 4.09. The molecule has 2 N–H and O–H groups in total. The summed E-state index contributed by atoms with van der Waals surface area (Å²) in [5.74, 6) is 0.328. The molecule has 2 unspecified atom stereocenters. The fourth-order valence-electron chi connectivity index (χ4n) is 2.31. The minimum Gasteiger partial charge on any atom is -0.387 e. The fourth-order valence-corrected chi connectivity index (χ4v) is 2.31. The van der Waals surface area contributed by atoms with Crippen molar-refractivity contribution >= 4 is 0 Å². The molecule has 0 aliphatic rings. The lowest BCUT2D eigenvalue weighted by atomic mass is 10.0. The summed E-state index contributed by atoms with van der Waals surface area (Å²) in [6.45, 7) is 5.81. The van der Waals surface area contributed by atoms with Crippen molar-refractivity contribution in [3.05, 3.63) is 35.6 Å². The van der Waals surface area contributed by atoms with Gasteiger partial charge in [-0.3, -0.25) is 0 Å². The molecule has 114 valence electrons. The van der Waals surface area contributed by atoms with Gasteiger partial charge in [0.15, 0.2) is 0 Å². The first kappa shape index (κ1) is 17.1. The maximum Gasteiger partial charge on any atom is 0.123 e. The van der Waals surface area contributed by atoms with Crippen molar-refractivity contribution < 1.29 is 9.50 Å². The van der Waals surface area contributed by atoms with E-state index in [1.165, 1.54) is 12.1 Å². The predicted octanol–water partition coefficient (Wildman–Crippen LogP) is 2.43. The number of likely N-dealkylation sites (N-methyl/N-ethyl adjacent to an activating group) is 1. The second-order valence-corrected chi connectivity index (χ2v) is 6.06. The standard InChI is InChI=1S/C16H27FN2O/c1-12(2)9-15(11-19(3)4)18-10-16(20)13-5-7-14(17)8-6-13/h5-8,12,15-16,18,20H,9-11H2,1-4H3. The third-order valence-electron chi connectivity index (χ3n) is 3.20. The van der Waals surface area contributed by atoms with Crippen molar-refractivity contribution in [3.63, 3.8) is 0 Å². The summed E-state index contributed by atoms with van der Waals surface area (Å²) in [5.41, 5.74) is 0.743. The predicted molar refractivity (Wildman–Crippen MR) is 81.2 cm³/mol. The molecule has 1 aromatic carbocycles. The van der Waals surface area contributed by atoms with Crippen LogP contribution >= 0.6 is 0 Å². The lowest BCUT2D eigenvalue weighted by Gasteiger charge is -2.25. The number of aliphatic hydroxyl groups is 1. The number of nitrogens with zero attached hydrogens (tertiary/aromatic N) is 1. The first-order chi connectivity index (χ1) is 9.38. The van der Waals surface area contributed by atoms with Gasteiger partial charge in [0.2, 0.25) is 0 Å². The van der Waals surface area contributed by atoms with Crippen molar-refractivity contribution in [3.8, 4) is 0 Å². The maximum atomic E-state index is 12.8. The van der Waals surface area contributed by atoms with Gasteiger partial charge in [0.25, 0.3) is 0 Å². The van der Waals surface area contributed by atoms with Gasteiger partial charge in [-0.25, -0.2) is 4.39 Å². The van der Waals surface area contributed by atoms with E-state index in [1.54, 1.807) is 12.1 Å². The maximum absolute atomic E-state index is 12.8. The van der Waals surface area contributed by atoms with Crippen molar-refractivity contribution in [2.75, 3.05) is 27.2 Å². The monoisotopic (exact) mass is 282 g/mol. The number of halogens is 1. The molecular weight excluding hydrogens is 255 g/mol. The van der Waals surface area contributed by atoms with Crippen LogP contribution in [0.15, 0.2) is 24.3 Å². The highest BCUT2D eigenvalue weighted by molar-refractivity contribution is 5.18. The van der Waals surface area contributed by atoms with E-state index in [0.717, 1.165) is 18.5 Å². The molecular formula is C16H27FN2O. The highest BCUT2D eigenvalue weighted by Gasteiger charge is 2.14. The van der Waals surface area contributed by atoms with E-state index in [-0.39, 0.29) is 5.82 Å². The molecule has 1 aromatic rings. The Balaban J connectivity index is 2.50. The van der Waals surface area contributed by atoms with Gasteiger partial charge in [-0.2, -0.15) is 0 Å². The van der Waals surface area contributed by atoms with Crippen LogP contribution in [0.3, 0.4) is 0 Å². The molecule has 0 saturated carbocycles. The van der Waals surface area contributed by atoms with Gasteiger partial charge in [0.1, 0.15) is 5.82 Å². The molecule has 0 amide bonds. The highest BCUT2D eigenvalue weighted by Crippen LogP contribution is 2.13. The molecule has 0 spiro atoms. The van der Waals surface area contributed by atoms with Crippen LogP contribution in [-0.4, -0.2) is 43.2 Å².